The predicted octanol–water partition coefficient (Wildman–Crippen LogP) is 2.26. The van der Waals surface area contributed by atoms with Gasteiger partial charge in [0.1, 0.15) is 5.65 Å². The highest BCUT2D eigenvalue weighted by Gasteiger charge is 2.08. The molecule has 0 aliphatic carbocycles. The molecule has 0 saturated carbocycles. The fraction of sp³-hybridized carbons (Fsp3) is 0.250. The maximum absolute atomic E-state index is 5.20. The van der Waals surface area contributed by atoms with Crippen molar-refractivity contribution >= 4 is 5.65 Å². The summed E-state index contributed by atoms with van der Waals surface area (Å²) < 4.78 is 7.17. The van der Waals surface area contributed by atoms with Crippen LogP contribution >= 0.6 is 0 Å². The van der Waals surface area contributed by atoms with Crippen LogP contribution in [-0.2, 0) is 6.42 Å². The lowest BCUT2D eigenvalue weighted by molar-refractivity contribution is 0.423. The van der Waals surface area contributed by atoms with Gasteiger partial charge in [-0.25, -0.2) is 4.98 Å². The highest BCUT2D eigenvalue weighted by Crippen LogP contribution is 2.19. The first-order valence-electron chi connectivity index (χ1n) is 5.54. The normalized spacial score (nSPS) is 11.2. The van der Waals surface area contributed by atoms with Crippen molar-refractivity contribution in [2.24, 2.45) is 0 Å². The Kier molecular flexibility index (Phi) is 2.18. The van der Waals surface area contributed by atoms with Crippen LogP contribution < -0.4 is 0 Å². The highest BCUT2D eigenvalue weighted by atomic mass is 16.5. The van der Waals surface area contributed by atoms with Gasteiger partial charge in [-0.1, -0.05) is 12.1 Å². The third-order valence-electron chi connectivity index (χ3n) is 2.61. The van der Waals surface area contributed by atoms with Crippen molar-refractivity contribution in [1.29, 1.82) is 0 Å². The molecule has 5 heteroatoms. The second-order valence-electron chi connectivity index (χ2n) is 3.93. The first-order valence-corrected chi connectivity index (χ1v) is 5.54. The average molecular weight is 228 g/mol. The maximum Gasteiger partial charge on any atom is 0.258 e. The summed E-state index contributed by atoms with van der Waals surface area (Å²) in [6.07, 6.45) is 4.69. The Balaban J connectivity index is 2.10. The van der Waals surface area contributed by atoms with Gasteiger partial charge in [0.05, 0.1) is 5.69 Å². The Morgan fingerprint density at radius 2 is 2.24 bits per heavy atom. The van der Waals surface area contributed by atoms with E-state index in [1.807, 2.05) is 42.8 Å². The molecule has 0 atom stereocenters. The number of imidazole rings is 1. The number of aromatic nitrogens is 4. The third kappa shape index (κ3) is 1.69. The summed E-state index contributed by atoms with van der Waals surface area (Å²) in [5, 5.41) is 3.88. The molecule has 0 unspecified atom stereocenters. The SMILES string of the molecule is CCc1noc(-c2ccn3cc(C)nc3c2)n1. The second kappa shape index (κ2) is 3.69. The number of pyridine rings is 1. The Labute approximate surface area is 98.1 Å². The van der Waals surface area contributed by atoms with Crippen LogP contribution in [0.5, 0.6) is 0 Å². The molecular formula is C12H12N4O. The van der Waals surface area contributed by atoms with E-state index in [0.717, 1.165) is 29.1 Å². The molecule has 0 amide bonds. The minimum absolute atomic E-state index is 0.546. The van der Waals surface area contributed by atoms with Crippen LogP contribution in [0.1, 0.15) is 18.4 Å². The number of fused-ring (bicyclic) bond motifs is 1. The molecule has 0 spiro atoms. The van der Waals surface area contributed by atoms with E-state index >= 15 is 0 Å². The molecule has 0 aliphatic heterocycles. The molecule has 0 radical (unpaired) electrons. The van der Waals surface area contributed by atoms with Gasteiger partial charge in [-0.15, -0.1) is 0 Å². The summed E-state index contributed by atoms with van der Waals surface area (Å²) in [4.78, 5) is 8.70. The van der Waals surface area contributed by atoms with Gasteiger partial charge in [-0.2, -0.15) is 4.98 Å². The summed E-state index contributed by atoms with van der Waals surface area (Å²) >= 11 is 0. The van der Waals surface area contributed by atoms with Gasteiger partial charge in [0, 0.05) is 24.4 Å². The number of hydrogen-bond donors (Lipinski definition) is 0. The number of rotatable bonds is 2. The molecule has 0 aromatic carbocycles. The van der Waals surface area contributed by atoms with E-state index in [1.165, 1.54) is 0 Å². The summed E-state index contributed by atoms with van der Waals surface area (Å²) in [6, 6.07) is 3.89. The fourth-order valence-corrected chi connectivity index (χ4v) is 1.76. The van der Waals surface area contributed by atoms with Crippen molar-refractivity contribution in [3.05, 3.63) is 36.0 Å². The van der Waals surface area contributed by atoms with Gasteiger partial charge in [0.2, 0.25) is 0 Å². The number of nitrogens with zero attached hydrogens (tertiary/aromatic N) is 4. The smallest absolute Gasteiger partial charge is 0.258 e. The molecule has 86 valence electrons. The third-order valence-corrected chi connectivity index (χ3v) is 2.61. The molecule has 0 N–H and O–H groups in total. The Hall–Kier alpha value is -2.17. The molecule has 5 nitrogen and oxygen atoms in total. The first-order chi connectivity index (χ1) is 8.26. The van der Waals surface area contributed by atoms with E-state index < -0.39 is 0 Å². The Morgan fingerprint density at radius 1 is 1.35 bits per heavy atom. The topological polar surface area (TPSA) is 56.2 Å². The van der Waals surface area contributed by atoms with Crippen LogP contribution in [0.3, 0.4) is 0 Å². The average Bonchev–Trinajstić information content (AvgIpc) is 2.92. The Morgan fingerprint density at radius 3 is 3.00 bits per heavy atom. The summed E-state index contributed by atoms with van der Waals surface area (Å²) in [5.74, 6) is 1.27. The van der Waals surface area contributed by atoms with E-state index in [2.05, 4.69) is 15.1 Å². The maximum atomic E-state index is 5.20. The van der Waals surface area contributed by atoms with Crippen LogP contribution in [0.4, 0.5) is 0 Å². The van der Waals surface area contributed by atoms with Gasteiger partial charge >= 0.3 is 0 Å². The molecule has 0 saturated heterocycles. The van der Waals surface area contributed by atoms with Crippen molar-refractivity contribution in [1.82, 2.24) is 19.5 Å². The van der Waals surface area contributed by atoms with Crippen molar-refractivity contribution < 1.29 is 4.52 Å². The van der Waals surface area contributed by atoms with Gasteiger partial charge in [-0.05, 0) is 19.1 Å². The van der Waals surface area contributed by atoms with E-state index in [0.29, 0.717) is 5.89 Å². The summed E-state index contributed by atoms with van der Waals surface area (Å²) in [7, 11) is 0. The summed E-state index contributed by atoms with van der Waals surface area (Å²) in [6.45, 7) is 3.96. The van der Waals surface area contributed by atoms with Gasteiger partial charge < -0.3 is 8.92 Å². The zero-order chi connectivity index (χ0) is 11.8. The first kappa shape index (κ1) is 10.0. The standard InChI is InChI=1S/C12H12N4O/c1-3-10-14-12(17-15-10)9-4-5-16-7-8(2)13-11(16)6-9/h4-7H,3H2,1-2H3. The molecule has 3 aromatic heterocycles. The van der Waals surface area contributed by atoms with Crippen molar-refractivity contribution in [2.45, 2.75) is 20.3 Å². The van der Waals surface area contributed by atoms with Crippen LogP contribution in [0.25, 0.3) is 17.1 Å². The quantitative estimate of drug-likeness (QED) is 0.675. The van der Waals surface area contributed by atoms with Crippen LogP contribution in [0, 0.1) is 6.92 Å². The van der Waals surface area contributed by atoms with E-state index in [9.17, 15) is 0 Å². The zero-order valence-electron chi connectivity index (χ0n) is 9.71. The van der Waals surface area contributed by atoms with Crippen molar-refractivity contribution in [2.75, 3.05) is 0 Å². The lowest BCUT2D eigenvalue weighted by Gasteiger charge is -1.95. The predicted molar refractivity (Wildman–Crippen MR) is 62.6 cm³/mol. The lowest BCUT2D eigenvalue weighted by atomic mass is 10.2. The van der Waals surface area contributed by atoms with Gasteiger partial charge in [0.15, 0.2) is 5.82 Å². The van der Waals surface area contributed by atoms with Crippen LogP contribution in [0.15, 0.2) is 29.0 Å². The van der Waals surface area contributed by atoms with E-state index in [1.54, 1.807) is 0 Å². The Bertz CT molecular complexity index is 668. The molecule has 3 rings (SSSR count). The van der Waals surface area contributed by atoms with Crippen molar-refractivity contribution in [3.63, 3.8) is 0 Å². The minimum Gasteiger partial charge on any atom is -0.334 e. The van der Waals surface area contributed by atoms with E-state index in [-0.39, 0.29) is 0 Å². The van der Waals surface area contributed by atoms with Crippen molar-refractivity contribution in [3.8, 4) is 11.5 Å². The summed E-state index contributed by atoms with van der Waals surface area (Å²) in [5.41, 5.74) is 2.77. The van der Waals surface area contributed by atoms with Crippen LogP contribution in [0.2, 0.25) is 0 Å². The molecule has 3 aromatic rings. The molecule has 0 bridgehead atoms. The molecule has 0 fully saturated rings. The minimum atomic E-state index is 0.546. The van der Waals surface area contributed by atoms with E-state index in [4.69, 9.17) is 4.52 Å². The number of aryl methyl sites for hydroxylation is 2. The molecular weight excluding hydrogens is 216 g/mol. The monoisotopic (exact) mass is 228 g/mol. The van der Waals surface area contributed by atoms with Gasteiger partial charge in [-0.3, -0.25) is 0 Å². The second-order valence-corrected chi connectivity index (χ2v) is 3.93. The zero-order valence-corrected chi connectivity index (χ0v) is 9.71. The lowest BCUT2D eigenvalue weighted by Crippen LogP contribution is -1.85. The van der Waals surface area contributed by atoms with Crippen LogP contribution in [-0.4, -0.2) is 19.5 Å². The largest absolute Gasteiger partial charge is 0.334 e. The van der Waals surface area contributed by atoms with Gasteiger partial charge in [0.25, 0.3) is 5.89 Å². The number of hydrogen-bond acceptors (Lipinski definition) is 4. The molecule has 17 heavy (non-hydrogen) atoms. The fourth-order valence-electron chi connectivity index (χ4n) is 1.76. The highest BCUT2D eigenvalue weighted by molar-refractivity contribution is 5.59. The molecule has 3 heterocycles. The molecule has 0 aliphatic rings.